The van der Waals surface area contributed by atoms with Crippen LogP contribution in [0.4, 0.5) is 0 Å². The molecule has 0 aliphatic heterocycles. The van der Waals surface area contributed by atoms with Crippen molar-refractivity contribution in [1.82, 2.24) is 39.9 Å². The molecule has 35 heavy (non-hydrogen) atoms. The maximum absolute atomic E-state index is 13.3. The summed E-state index contributed by atoms with van der Waals surface area (Å²) >= 11 is 0. The molecule has 0 saturated heterocycles. The Labute approximate surface area is 203 Å². The van der Waals surface area contributed by atoms with Crippen LogP contribution in [0.2, 0.25) is 0 Å². The number of carbonyl (C=O) groups excluding carboxylic acids is 1. The fourth-order valence-electron chi connectivity index (χ4n) is 7.33. The number of nitrogens with one attached hydrogen (secondary N) is 1. The van der Waals surface area contributed by atoms with Gasteiger partial charge in [0.1, 0.15) is 17.0 Å². The molecule has 9 heteroatoms. The van der Waals surface area contributed by atoms with Gasteiger partial charge in [0.15, 0.2) is 0 Å². The summed E-state index contributed by atoms with van der Waals surface area (Å²) < 4.78 is 3.55. The number of imidazole rings is 1. The second-order valence-corrected chi connectivity index (χ2v) is 10.8. The number of hydrogen-bond donors (Lipinski definition) is 1. The minimum Gasteiger partial charge on any atom is -0.350 e. The van der Waals surface area contributed by atoms with E-state index in [9.17, 15) is 4.79 Å². The monoisotopic (exact) mass is 468 g/mol. The van der Waals surface area contributed by atoms with E-state index >= 15 is 0 Å². The second kappa shape index (κ2) is 7.96. The highest BCUT2D eigenvalue weighted by Gasteiger charge is 2.50. The topological polar surface area (TPSA) is 103 Å². The van der Waals surface area contributed by atoms with Crippen LogP contribution in [0.5, 0.6) is 0 Å². The van der Waals surface area contributed by atoms with E-state index < -0.39 is 0 Å². The van der Waals surface area contributed by atoms with Crippen LogP contribution in [0.3, 0.4) is 0 Å². The zero-order chi connectivity index (χ0) is 23.4. The summed E-state index contributed by atoms with van der Waals surface area (Å²) in [6.45, 7) is 1.17. The molecule has 0 unspecified atom stereocenters. The number of rotatable bonds is 6. The van der Waals surface area contributed by atoms with Gasteiger partial charge in [0, 0.05) is 18.9 Å². The summed E-state index contributed by atoms with van der Waals surface area (Å²) in [5, 5.41) is 15.4. The van der Waals surface area contributed by atoms with E-state index in [4.69, 9.17) is 4.98 Å². The van der Waals surface area contributed by atoms with Crippen LogP contribution in [-0.4, -0.2) is 47.0 Å². The van der Waals surface area contributed by atoms with E-state index in [1.54, 1.807) is 10.9 Å². The first-order valence-electron chi connectivity index (χ1n) is 12.6. The van der Waals surface area contributed by atoms with Gasteiger partial charge >= 0.3 is 0 Å². The molecule has 8 rings (SSSR count). The van der Waals surface area contributed by atoms with Gasteiger partial charge in [0.05, 0.1) is 12.2 Å². The normalized spacial score (nSPS) is 26.9. The number of fused-ring (bicyclic) bond motifs is 1. The molecule has 4 fully saturated rings. The zero-order valence-electron chi connectivity index (χ0n) is 19.5. The Kier molecular flexibility index (Phi) is 4.72. The Hall–Kier alpha value is -3.62. The van der Waals surface area contributed by atoms with Crippen LogP contribution >= 0.6 is 0 Å². The van der Waals surface area contributed by atoms with Crippen LogP contribution in [0, 0.1) is 23.2 Å². The maximum Gasteiger partial charge on any atom is 0.268 e. The second-order valence-electron chi connectivity index (χ2n) is 10.8. The van der Waals surface area contributed by atoms with E-state index in [-0.39, 0.29) is 5.91 Å². The van der Waals surface area contributed by atoms with Crippen LogP contribution in [0.15, 0.2) is 48.8 Å². The van der Waals surface area contributed by atoms with Crippen molar-refractivity contribution >= 4 is 11.6 Å². The molecule has 4 bridgehead atoms. The molecule has 4 aromatic rings. The largest absolute Gasteiger partial charge is 0.350 e. The first-order chi connectivity index (χ1) is 17.1. The molecular weight excluding hydrogens is 440 g/mol. The van der Waals surface area contributed by atoms with Crippen LogP contribution < -0.4 is 5.32 Å². The molecule has 178 valence electrons. The highest BCUT2D eigenvalue weighted by atomic mass is 16.1. The first-order valence-corrected chi connectivity index (χ1v) is 12.6. The van der Waals surface area contributed by atoms with Gasteiger partial charge in [0.25, 0.3) is 5.91 Å². The van der Waals surface area contributed by atoms with E-state index in [0.717, 1.165) is 35.6 Å². The minimum absolute atomic E-state index is 0.0353. The molecule has 0 radical (unpaired) electrons. The number of carbonyl (C=O) groups is 1. The first kappa shape index (κ1) is 20.7. The van der Waals surface area contributed by atoms with Crippen LogP contribution in [-0.2, 0) is 6.54 Å². The van der Waals surface area contributed by atoms with Crippen molar-refractivity contribution in [2.24, 2.45) is 23.2 Å². The lowest BCUT2D eigenvalue weighted by atomic mass is 9.49. The summed E-state index contributed by atoms with van der Waals surface area (Å²) in [6, 6.07) is 11.3. The molecular formula is C26H28N8O. The summed E-state index contributed by atoms with van der Waals surface area (Å²) in [4.78, 5) is 22.4. The standard InChI is InChI=1S/C26H28N8O/c35-25(28-16-26-11-17-8-18(12-26)10-19(9-17)13-26)22-5-3-6-23-29-20(14-33(22)23)15-34-24(30-31-32-34)21-4-1-2-7-27-21/h1-7,14,17-19H,8-13,15-16H2,(H,28,35). The zero-order valence-corrected chi connectivity index (χ0v) is 19.5. The van der Waals surface area contributed by atoms with Crippen LogP contribution in [0.1, 0.15) is 54.7 Å². The van der Waals surface area contributed by atoms with Gasteiger partial charge < -0.3 is 5.32 Å². The fourth-order valence-corrected chi connectivity index (χ4v) is 7.33. The lowest BCUT2D eigenvalue weighted by Crippen LogP contribution is -2.51. The predicted molar refractivity (Wildman–Crippen MR) is 128 cm³/mol. The number of pyridine rings is 2. The molecule has 0 aromatic carbocycles. The van der Waals surface area contributed by atoms with E-state index in [1.807, 2.05) is 47.0 Å². The van der Waals surface area contributed by atoms with Crippen molar-refractivity contribution in [3.8, 4) is 11.5 Å². The van der Waals surface area contributed by atoms with E-state index in [2.05, 4.69) is 25.8 Å². The predicted octanol–water partition coefficient (Wildman–Crippen LogP) is 3.38. The molecule has 4 aliphatic carbocycles. The highest BCUT2D eigenvalue weighted by Crippen LogP contribution is 2.59. The van der Waals surface area contributed by atoms with Crippen LogP contribution in [0.25, 0.3) is 17.2 Å². The minimum atomic E-state index is -0.0353. The van der Waals surface area contributed by atoms with E-state index in [1.165, 1.54) is 38.5 Å². The van der Waals surface area contributed by atoms with Crippen molar-refractivity contribution in [2.45, 2.75) is 45.1 Å². The van der Waals surface area contributed by atoms with Gasteiger partial charge in [-0.25, -0.2) is 9.67 Å². The number of hydrogen-bond acceptors (Lipinski definition) is 6. The van der Waals surface area contributed by atoms with Crippen molar-refractivity contribution in [3.05, 3.63) is 60.2 Å². The van der Waals surface area contributed by atoms with Crippen molar-refractivity contribution < 1.29 is 4.79 Å². The molecule has 4 aromatic heterocycles. The maximum atomic E-state index is 13.3. The molecule has 9 nitrogen and oxygen atoms in total. The van der Waals surface area contributed by atoms with Gasteiger partial charge in [-0.15, -0.1) is 5.10 Å². The molecule has 4 heterocycles. The van der Waals surface area contributed by atoms with Crippen molar-refractivity contribution in [3.63, 3.8) is 0 Å². The molecule has 0 spiro atoms. The summed E-state index contributed by atoms with van der Waals surface area (Å²) in [7, 11) is 0. The lowest BCUT2D eigenvalue weighted by Gasteiger charge is -2.56. The number of nitrogens with zero attached hydrogens (tertiary/aromatic N) is 7. The SMILES string of the molecule is O=C(NCC12CC3CC(CC(C3)C1)C2)c1cccc2nc(Cn3nnnc3-c3ccccn3)cn12. The summed E-state index contributed by atoms with van der Waals surface area (Å²) in [6.07, 6.45) is 11.7. The smallest absolute Gasteiger partial charge is 0.268 e. The molecule has 4 aliphatic rings. The third-order valence-electron chi connectivity index (χ3n) is 8.30. The Balaban J connectivity index is 1.11. The van der Waals surface area contributed by atoms with Crippen molar-refractivity contribution in [2.75, 3.05) is 6.54 Å². The quantitative estimate of drug-likeness (QED) is 0.465. The highest BCUT2D eigenvalue weighted by molar-refractivity contribution is 5.93. The number of aromatic nitrogens is 7. The van der Waals surface area contributed by atoms with Gasteiger partial charge in [-0.05, 0) is 96.4 Å². The average molecular weight is 469 g/mol. The number of tetrazole rings is 1. The Morgan fingerprint density at radius 3 is 2.57 bits per heavy atom. The Morgan fingerprint density at radius 1 is 1.03 bits per heavy atom. The van der Waals surface area contributed by atoms with Gasteiger partial charge in [-0.1, -0.05) is 12.1 Å². The third-order valence-corrected chi connectivity index (χ3v) is 8.30. The summed E-state index contributed by atoms with van der Waals surface area (Å²) in [5.41, 5.74) is 3.12. The molecule has 4 saturated carbocycles. The number of amides is 1. The Bertz CT molecular complexity index is 1360. The molecule has 1 amide bonds. The lowest BCUT2D eigenvalue weighted by molar-refractivity contribution is -0.0503. The van der Waals surface area contributed by atoms with Gasteiger partial charge in [-0.3, -0.25) is 14.2 Å². The molecule has 0 atom stereocenters. The van der Waals surface area contributed by atoms with E-state index in [0.29, 0.717) is 29.2 Å². The average Bonchev–Trinajstić information content (AvgIpc) is 3.49. The van der Waals surface area contributed by atoms with Gasteiger partial charge in [0.2, 0.25) is 5.82 Å². The molecule has 1 N–H and O–H groups in total. The van der Waals surface area contributed by atoms with Gasteiger partial charge in [-0.2, -0.15) is 0 Å². The van der Waals surface area contributed by atoms with Crippen molar-refractivity contribution in [1.29, 1.82) is 0 Å². The summed E-state index contributed by atoms with van der Waals surface area (Å²) in [5.74, 6) is 3.17. The fraction of sp³-hybridized carbons (Fsp3) is 0.462. The third kappa shape index (κ3) is 3.69. The Morgan fingerprint density at radius 2 is 1.83 bits per heavy atom.